The summed E-state index contributed by atoms with van der Waals surface area (Å²) in [6, 6.07) is 11.5. The van der Waals surface area contributed by atoms with E-state index >= 15 is 0 Å². The molecule has 7 nitrogen and oxygen atoms in total. The molecule has 2 heterocycles. The minimum atomic E-state index is -1.98. The molecule has 32 heavy (non-hydrogen) atoms. The maximum atomic E-state index is 11.8. The highest BCUT2D eigenvalue weighted by molar-refractivity contribution is 6.74. The summed E-state index contributed by atoms with van der Waals surface area (Å²) < 4.78 is 8.57. The van der Waals surface area contributed by atoms with Crippen molar-refractivity contribution in [2.45, 2.75) is 51.6 Å². The molecule has 0 aliphatic heterocycles. The van der Waals surface area contributed by atoms with Crippen LogP contribution in [0.3, 0.4) is 0 Å². The molecule has 0 saturated heterocycles. The smallest absolute Gasteiger partial charge is 0.407 e. The van der Waals surface area contributed by atoms with E-state index in [1.54, 1.807) is 24.5 Å². The average molecular weight is 456 g/mol. The number of amides is 1. The first-order chi connectivity index (χ1) is 15.0. The highest BCUT2D eigenvalue weighted by atomic mass is 28.4. The molecule has 0 bridgehead atoms. The van der Waals surface area contributed by atoms with E-state index in [-0.39, 0.29) is 18.1 Å². The van der Waals surface area contributed by atoms with E-state index in [0.717, 1.165) is 16.7 Å². The molecule has 3 aromatic rings. The van der Waals surface area contributed by atoms with Gasteiger partial charge in [0.25, 0.3) is 8.32 Å². The summed E-state index contributed by atoms with van der Waals surface area (Å²) in [7, 11) is -1.98. The summed E-state index contributed by atoms with van der Waals surface area (Å²) in [6.45, 7) is 11.8. The van der Waals surface area contributed by atoms with E-state index < -0.39 is 20.5 Å². The van der Waals surface area contributed by atoms with Crippen molar-refractivity contribution in [3.8, 4) is 5.75 Å². The SMILES string of the molecule is CC(C)(C)[Si](C)(C)Oc1cccc2c1ccn2CCN(C[C@H](O)c1cccnc1)C(=O)O. The van der Waals surface area contributed by atoms with Gasteiger partial charge in [-0.2, -0.15) is 0 Å². The third-order valence-corrected chi connectivity index (χ3v) is 10.6. The zero-order valence-electron chi connectivity index (χ0n) is 19.4. The molecule has 1 atom stereocenters. The molecule has 2 aromatic heterocycles. The molecular weight excluding hydrogens is 422 g/mol. The zero-order chi connectivity index (χ0) is 23.5. The maximum absolute atomic E-state index is 11.8. The van der Waals surface area contributed by atoms with Crippen LogP contribution in [0.5, 0.6) is 5.75 Å². The molecule has 1 aromatic carbocycles. The first-order valence-electron chi connectivity index (χ1n) is 10.8. The Morgan fingerprint density at radius 2 is 1.97 bits per heavy atom. The predicted octanol–water partition coefficient (Wildman–Crippen LogP) is 5.13. The van der Waals surface area contributed by atoms with Crippen LogP contribution in [-0.2, 0) is 6.54 Å². The number of aliphatic hydroxyl groups excluding tert-OH is 1. The van der Waals surface area contributed by atoms with E-state index in [4.69, 9.17) is 4.43 Å². The average Bonchev–Trinajstić information content (AvgIpc) is 3.14. The third-order valence-electron chi connectivity index (χ3n) is 6.29. The number of nitrogens with zero attached hydrogens (tertiary/aromatic N) is 3. The van der Waals surface area contributed by atoms with Gasteiger partial charge in [0, 0.05) is 42.6 Å². The van der Waals surface area contributed by atoms with Crippen molar-refractivity contribution in [2.75, 3.05) is 13.1 Å². The second-order valence-corrected chi connectivity index (χ2v) is 14.3. The fraction of sp³-hybridized carbons (Fsp3) is 0.417. The van der Waals surface area contributed by atoms with Crippen LogP contribution in [0.2, 0.25) is 18.1 Å². The van der Waals surface area contributed by atoms with Crippen LogP contribution in [0.25, 0.3) is 10.9 Å². The molecule has 0 fully saturated rings. The number of fused-ring (bicyclic) bond motifs is 1. The van der Waals surface area contributed by atoms with Crippen molar-refractivity contribution < 1.29 is 19.4 Å². The second-order valence-electron chi connectivity index (χ2n) is 9.59. The predicted molar refractivity (Wildman–Crippen MR) is 129 cm³/mol. The van der Waals surface area contributed by atoms with E-state index in [1.165, 1.54) is 4.90 Å². The van der Waals surface area contributed by atoms with Crippen LogP contribution in [0.15, 0.2) is 55.0 Å². The lowest BCUT2D eigenvalue weighted by Crippen LogP contribution is -2.43. The number of aromatic nitrogens is 2. The molecule has 0 spiro atoms. The Kier molecular flexibility index (Phi) is 6.95. The summed E-state index contributed by atoms with van der Waals surface area (Å²) in [5.41, 5.74) is 1.59. The number of hydrogen-bond donors (Lipinski definition) is 2. The largest absolute Gasteiger partial charge is 0.543 e. The van der Waals surface area contributed by atoms with Gasteiger partial charge in [-0.25, -0.2) is 4.79 Å². The molecule has 172 valence electrons. The number of benzene rings is 1. The van der Waals surface area contributed by atoms with Gasteiger partial charge in [0.2, 0.25) is 0 Å². The highest BCUT2D eigenvalue weighted by Gasteiger charge is 2.39. The summed E-state index contributed by atoms with van der Waals surface area (Å²) in [4.78, 5) is 17.0. The molecule has 0 radical (unpaired) electrons. The van der Waals surface area contributed by atoms with Crippen molar-refractivity contribution in [1.82, 2.24) is 14.5 Å². The second kappa shape index (κ2) is 9.34. The topological polar surface area (TPSA) is 87.8 Å². The Balaban J connectivity index is 1.75. The number of rotatable bonds is 8. The first-order valence-corrected chi connectivity index (χ1v) is 13.7. The fourth-order valence-electron chi connectivity index (χ4n) is 3.29. The lowest BCUT2D eigenvalue weighted by atomic mass is 10.1. The molecule has 0 aliphatic rings. The van der Waals surface area contributed by atoms with Gasteiger partial charge in [-0.3, -0.25) is 4.98 Å². The third kappa shape index (κ3) is 5.31. The van der Waals surface area contributed by atoms with Gasteiger partial charge in [-0.05, 0) is 42.4 Å². The summed E-state index contributed by atoms with van der Waals surface area (Å²) in [5.74, 6) is 0.870. The molecule has 0 aliphatic carbocycles. The van der Waals surface area contributed by atoms with Crippen LogP contribution in [0.1, 0.15) is 32.4 Å². The van der Waals surface area contributed by atoms with Crippen molar-refractivity contribution in [3.63, 3.8) is 0 Å². The minimum absolute atomic E-state index is 0.0139. The number of carbonyl (C=O) groups is 1. The van der Waals surface area contributed by atoms with Crippen LogP contribution in [0.4, 0.5) is 4.79 Å². The molecule has 0 unspecified atom stereocenters. The quantitative estimate of drug-likeness (QED) is 0.460. The molecule has 1 amide bonds. The number of hydrogen-bond acceptors (Lipinski definition) is 4. The normalized spacial score (nSPS) is 13.2. The number of aliphatic hydroxyl groups is 1. The Labute approximate surface area is 190 Å². The van der Waals surface area contributed by atoms with Crippen LogP contribution < -0.4 is 4.43 Å². The van der Waals surface area contributed by atoms with Gasteiger partial charge in [0.15, 0.2) is 0 Å². The zero-order valence-corrected chi connectivity index (χ0v) is 20.4. The molecule has 3 rings (SSSR count). The Hall–Kier alpha value is -2.84. The Morgan fingerprint density at radius 1 is 1.22 bits per heavy atom. The van der Waals surface area contributed by atoms with Crippen LogP contribution in [-0.4, -0.2) is 52.2 Å². The summed E-state index contributed by atoms with van der Waals surface area (Å²) in [6.07, 6.45) is 3.14. The summed E-state index contributed by atoms with van der Waals surface area (Å²) in [5, 5.41) is 21.2. The van der Waals surface area contributed by atoms with Gasteiger partial charge in [-0.15, -0.1) is 0 Å². The van der Waals surface area contributed by atoms with Crippen LogP contribution in [0, 0.1) is 0 Å². The van der Waals surface area contributed by atoms with Gasteiger partial charge in [-0.1, -0.05) is 32.9 Å². The molecule has 0 saturated carbocycles. The van der Waals surface area contributed by atoms with Gasteiger partial charge < -0.3 is 24.1 Å². The number of carboxylic acid groups (broad SMARTS) is 1. The van der Waals surface area contributed by atoms with E-state index in [0.29, 0.717) is 12.1 Å². The standard InChI is InChI=1S/C24H33N3O4Si/c1-24(2,3)32(4,5)31-22-10-6-9-20-19(22)11-13-26(20)14-15-27(23(29)30)17-21(28)18-8-7-12-25-16-18/h6-13,16,21,28H,14-15,17H2,1-5H3,(H,29,30)/t21-/m0/s1. The lowest BCUT2D eigenvalue weighted by Gasteiger charge is -2.36. The fourth-order valence-corrected chi connectivity index (χ4v) is 4.32. The van der Waals surface area contributed by atoms with Crippen molar-refractivity contribution in [1.29, 1.82) is 0 Å². The maximum Gasteiger partial charge on any atom is 0.407 e. The van der Waals surface area contributed by atoms with Crippen molar-refractivity contribution >= 4 is 25.3 Å². The van der Waals surface area contributed by atoms with E-state index in [2.05, 4.69) is 38.8 Å². The molecule has 8 heteroatoms. The van der Waals surface area contributed by atoms with Gasteiger partial charge in [0.05, 0.1) is 18.2 Å². The Morgan fingerprint density at radius 3 is 2.59 bits per heavy atom. The van der Waals surface area contributed by atoms with Crippen molar-refractivity contribution in [3.05, 3.63) is 60.6 Å². The number of pyridine rings is 1. The highest BCUT2D eigenvalue weighted by Crippen LogP contribution is 2.39. The van der Waals surface area contributed by atoms with Gasteiger partial charge >= 0.3 is 6.09 Å². The van der Waals surface area contributed by atoms with E-state index in [1.807, 2.05) is 35.0 Å². The Bertz CT molecular complexity index is 1060. The lowest BCUT2D eigenvalue weighted by molar-refractivity contribution is 0.0951. The first kappa shape index (κ1) is 23.8. The monoisotopic (exact) mass is 455 g/mol. The van der Waals surface area contributed by atoms with E-state index in [9.17, 15) is 15.0 Å². The molecular formula is C24H33N3O4Si. The molecule has 2 N–H and O–H groups in total. The summed E-state index contributed by atoms with van der Waals surface area (Å²) >= 11 is 0. The minimum Gasteiger partial charge on any atom is -0.543 e. The van der Waals surface area contributed by atoms with Crippen molar-refractivity contribution in [2.24, 2.45) is 0 Å². The van der Waals surface area contributed by atoms with Crippen LogP contribution >= 0.6 is 0 Å². The van der Waals surface area contributed by atoms with Gasteiger partial charge in [0.1, 0.15) is 5.75 Å².